The van der Waals surface area contributed by atoms with Gasteiger partial charge in [-0.25, -0.2) is 8.78 Å². The van der Waals surface area contributed by atoms with Gasteiger partial charge in [0.25, 0.3) is 0 Å². The maximum absolute atomic E-state index is 13.3. The molecule has 19 heavy (non-hydrogen) atoms. The number of benzene rings is 1. The first-order chi connectivity index (χ1) is 8.77. The molecule has 1 N–H and O–H groups in total. The summed E-state index contributed by atoms with van der Waals surface area (Å²) in [6.07, 6.45) is -5.19. The number of hydrogen-bond donors (Lipinski definition) is 1. The van der Waals surface area contributed by atoms with E-state index in [9.17, 15) is 26.3 Å². The van der Waals surface area contributed by atoms with Crippen LogP contribution >= 0.6 is 0 Å². The second-order valence-electron chi connectivity index (χ2n) is 4.19. The van der Waals surface area contributed by atoms with Crippen LogP contribution in [0.4, 0.5) is 26.3 Å². The fraction of sp³-hybridized carbons (Fsp3) is 0.455. The summed E-state index contributed by atoms with van der Waals surface area (Å²) in [7, 11) is 0. The second-order valence-corrected chi connectivity index (χ2v) is 4.19. The highest BCUT2D eigenvalue weighted by molar-refractivity contribution is 5.27. The van der Waals surface area contributed by atoms with Crippen molar-refractivity contribution >= 4 is 0 Å². The largest absolute Gasteiger partial charge is 0.473 e. The summed E-state index contributed by atoms with van der Waals surface area (Å²) in [4.78, 5) is 0. The van der Waals surface area contributed by atoms with Crippen molar-refractivity contribution in [3.05, 3.63) is 29.6 Å². The van der Waals surface area contributed by atoms with Crippen molar-refractivity contribution in [2.24, 2.45) is 0 Å². The molecule has 2 rings (SSSR count). The highest BCUT2D eigenvalue weighted by Crippen LogP contribution is 2.40. The molecule has 1 saturated heterocycles. The molecular weight excluding hydrogens is 276 g/mol. The highest BCUT2D eigenvalue weighted by atomic mass is 19.4. The molecule has 1 aromatic rings. The van der Waals surface area contributed by atoms with Gasteiger partial charge in [0, 0.05) is 13.0 Å². The van der Waals surface area contributed by atoms with Crippen LogP contribution in [0, 0.1) is 17.5 Å². The van der Waals surface area contributed by atoms with Gasteiger partial charge in [-0.15, -0.1) is 0 Å². The average Bonchev–Trinajstić information content (AvgIpc) is 2.79. The van der Waals surface area contributed by atoms with Gasteiger partial charge in [0.2, 0.25) is 11.4 Å². The second kappa shape index (κ2) is 4.59. The van der Waals surface area contributed by atoms with Crippen molar-refractivity contribution in [2.45, 2.75) is 18.2 Å². The molecule has 1 unspecified atom stereocenters. The van der Waals surface area contributed by atoms with E-state index in [2.05, 4.69) is 10.1 Å². The Balaban J connectivity index is 2.36. The molecule has 0 radical (unpaired) electrons. The van der Waals surface area contributed by atoms with Crippen LogP contribution in [0.25, 0.3) is 0 Å². The van der Waals surface area contributed by atoms with Crippen LogP contribution in [0.2, 0.25) is 0 Å². The van der Waals surface area contributed by atoms with Crippen molar-refractivity contribution in [2.75, 3.05) is 13.1 Å². The van der Waals surface area contributed by atoms with E-state index in [4.69, 9.17) is 0 Å². The molecule has 1 aliphatic heterocycles. The number of hydrogen-bond acceptors (Lipinski definition) is 2. The zero-order valence-electron chi connectivity index (χ0n) is 9.45. The van der Waals surface area contributed by atoms with Gasteiger partial charge in [-0.05, 0) is 18.7 Å². The van der Waals surface area contributed by atoms with Crippen LogP contribution in [0.15, 0.2) is 12.1 Å². The van der Waals surface area contributed by atoms with Crippen LogP contribution in [-0.4, -0.2) is 24.9 Å². The van der Waals surface area contributed by atoms with E-state index in [1.807, 2.05) is 0 Å². The van der Waals surface area contributed by atoms with E-state index >= 15 is 0 Å². The topological polar surface area (TPSA) is 21.3 Å². The van der Waals surface area contributed by atoms with Gasteiger partial charge >= 0.3 is 6.18 Å². The summed E-state index contributed by atoms with van der Waals surface area (Å²) in [6.45, 7) is -0.542. The number of halogens is 6. The molecule has 1 aliphatic rings. The average molecular weight is 285 g/mol. The predicted molar refractivity (Wildman–Crippen MR) is 53.2 cm³/mol. The van der Waals surface area contributed by atoms with E-state index in [0.717, 1.165) is 0 Å². The fourth-order valence-corrected chi connectivity index (χ4v) is 1.85. The zero-order valence-corrected chi connectivity index (χ0v) is 9.45. The van der Waals surface area contributed by atoms with E-state index in [1.54, 1.807) is 0 Å². The third-order valence-corrected chi connectivity index (χ3v) is 2.94. The lowest BCUT2D eigenvalue weighted by molar-refractivity contribution is -0.241. The number of rotatable bonds is 2. The number of ether oxygens (including phenoxy) is 1. The molecule has 0 spiro atoms. The molecular formula is C11H9F6NO. The Bertz CT molecular complexity index is 481. The summed E-state index contributed by atoms with van der Waals surface area (Å²) < 4.78 is 82.5. The van der Waals surface area contributed by atoms with Crippen LogP contribution < -0.4 is 10.1 Å². The Hall–Kier alpha value is -1.44. The van der Waals surface area contributed by atoms with E-state index in [-0.39, 0.29) is 6.54 Å². The first kappa shape index (κ1) is 14.0. The fourth-order valence-electron chi connectivity index (χ4n) is 1.85. The first-order valence-electron chi connectivity index (χ1n) is 5.37. The van der Waals surface area contributed by atoms with Gasteiger partial charge in [-0.3, -0.25) is 0 Å². The predicted octanol–water partition coefficient (Wildman–Crippen LogP) is 2.78. The molecule has 0 saturated carbocycles. The Kier molecular flexibility index (Phi) is 3.38. The molecule has 106 valence electrons. The maximum atomic E-state index is 13.3. The van der Waals surface area contributed by atoms with E-state index in [1.165, 1.54) is 0 Å². The molecule has 0 aromatic heterocycles. The molecule has 1 fully saturated rings. The smallest absolute Gasteiger partial charge is 0.429 e. The van der Waals surface area contributed by atoms with Crippen molar-refractivity contribution in [3.8, 4) is 5.75 Å². The summed E-state index contributed by atoms with van der Waals surface area (Å²) in [5, 5.41) is 2.45. The minimum Gasteiger partial charge on any atom is -0.473 e. The Morgan fingerprint density at radius 1 is 1.11 bits per heavy atom. The summed E-state index contributed by atoms with van der Waals surface area (Å²) in [5.74, 6) is -6.08. The normalized spacial score (nSPS) is 23.7. The van der Waals surface area contributed by atoms with Crippen LogP contribution in [0.5, 0.6) is 5.75 Å². The summed E-state index contributed by atoms with van der Waals surface area (Å²) in [5.41, 5.74) is -2.63. The minimum absolute atomic E-state index is 0.0325. The van der Waals surface area contributed by atoms with Gasteiger partial charge in [0.1, 0.15) is 0 Å². The summed E-state index contributed by atoms with van der Waals surface area (Å²) in [6, 6.07) is 1.15. The molecule has 0 amide bonds. The molecule has 8 heteroatoms. The Morgan fingerprint density at radius 3 is 2.32 bits per heavy atom. The number of alkyl halides is 3. The zero-order chi connectivity index (χ0) is 14.3. The molecule has 1 heterocycles. The molecule has 0 bridgehead atoms. The third-order valence-electron chi connectivity index (χ3n) is 2.94. The lowest BCUT2D eigenvalue weighted by Gasteiger charge is -2.31. The first-order valence-corrected chi connectivity index (χ1v) is 5.37. The van der Waals surface area contributed by atoms with Gasteiger partial charge in [0.05, 0.1) is 0 Å². The van der Waals surface area contributed by atoms with E-state index in [0.29, 0.717) is 12.1 Å². The quantitative estimate of drug-likeness (QED) is 0.666. The Morgan fingerprint density at radius 2 is 1.79 bits per heavy atom. The van der Waals surface area contributed by atoms with Crippen molar-refractivity contribution in [1.82, 2.24) is 5.32 Å². The van der Waals surface area contributed by atoms with Crippen LogP contribution in [-0.2, 0) is 0 Å². The maximum Gasteiger partial charge on any atom is 0.429 e. The number of nitrogens with one attached hydrogen (secondary N) is 1. The monoisotopic (exact) mass is 285 g/mol. The molecule has 2 nitrogen and oxygen atoms in total. The van der Waals surface area contributed by atoms with E-state index < -0.39 is 47.9 Å². The molecule has 0 aliphatic carbocycles. The molecule has 1 aromatic carbocycles. The lowest BCUT2D eigenvalue weighted by Crippen LogP contribution is -2.52. The highest BCUT2D eigenvalue weighted by Gasteiger charge is 2.59. The van der Waals surface area contributed by atoms with Crippen LogP contribution in [0.3, 0.4) is 0 Å². The van der Waals surface area contributed by atoms with Crippen molar-refractivity contribution < 1.29 is 31.1 Å². The van der Waals surface area contributed by atoms with Gasteiger partial charge in [-0.1, -0.05) is 0 Å². The van der Waals surface area contributed by atoms with Gasteiger partial charge < -0.3 is 10.1 Å². The summed E-state index contributed by atoms with van der Waals surface area (Å²) >= 11 is 0. The Labute approximate surface area is 104 Å². The SMILES string of the molecule is Fc1ccc(OC2(C(F)(F)F)CCNC2)c(F)c1F. The lowest BCUT2D eigenvalue weighted by atomic mass is 10.0. The van der Waals surface area contributed by atoms with Gasteiger partial charge in [-0.2, -0.15) is 17.6 Å². The van der Waals surface area contributed by atoms with Crippen LogP contribution in [0.1, 0.15) is 6.42 Å². The minimum atomic E-state index is -4.76. The van der Waals surface area contributed by atoms with Crippen molar-refractivity contribution in [1.29, 1.82) is 0 Å². The van der Waals surface area contributed by atoms with Gasteiger partial charge in [0.15, 0.2) is 17.4 Å². The third kappa shape index (κ3) is 2.36. The van der Waals surface area contributed by atoms with Crippen molar-refractivity contribution in [3.63, 3.8) is 0 Å². The molecule has 1 atom stereocenters. The standard InChI is InChI=1S/C11H9F6NO/c12-6-1-2-7(9(14)8(6)13)19-10(11(15,16)17)3-4-18-5-10/h1-2,18H,3-5H2.